The molecule has 6 aliphatic rings. The molecule has 1 amide bonds. The molecule has 7 rings (SSSR count). The van der Waals surface area contributed by atoms with Crippen LogP contribution in [0.3, 0.4) is 0 Å². The number of amidine groups is 1. The zero-order valence-corrected chi connectivity index (χ0v) is 40.3. The fraction of sp³-hybridized carbons (Fsp3) is 0.784. The van der Waals surface area contributed by atoms with Gasteiger partial charge >= 0.3 is 0 Å². The van der Waals surface area contributed by atoms with Crippen LogP contribution >= 0.6 is 0 Å². The molecule has 4 aliphatic carbocycles. The van der Waals surface area contributed by atoms with E-state index >= 15 is 0 Å². The highest BCUT2D eigenvalue weighted by molar-refractivity contribution is 6.73. The van der Waals surface area contributed by atoms with Gasteiger partial charge in [0, 0.05) is 11.8 Å². The first-order valence-corrected chi connectivity index (χ1v) is 23.9. The number of benzene rings is 1. The molecule has 4 saturated carbocycles. The van der Waals surface area contributed by atoms with Crippen LogP contribution in [0.1, 0.15) is 145 Å². The summed E-state index contributed by atoms with van der Waals surface area (Å²) in [5.74, 6) is 2.81. The van der Waals surface area contributed by atoms with Gasteiger partial charge in [0.15, 0.2) is 17.3 Å². The standard InChI is InChI=1S/C29H50O3.C22H29N3O6/c1-17-12-13-28(6)19(14-17)15-23(30)26-21-10-9-20(29(21,7)25(32)16-22(26)28)18(2)8-11-24(31)27(3,4)5;1-11-6-13-14(7-12(11)2)25(21-19(23-13)15(26)8-18(29)24-21)9-16(27)20(30)17(28)10-31-22(3,4)5/h17-23,25-26,30,32H,8-16H2,1-7H3;6-7,16-17,20,27-28,30H,8-10H2,1-5H3/t17-,18?,19+,20-,21+,22+,23-,25+,26+,28+,29-;/m1./s1. The predicted octanol–water partition coefficient (Wildman–Crippen LogP) is 7.25. The van der Waals surface area contributed by atoms with Crippen molar-refractivity contribution in [2.75, 3.05) is 18.1 Å². The maximum Gasteiger partial charge on any atom is 0.255 e. The Morgan fingerprint density at radius 2 is 1.59 bits per heavy atom. The Morgan fingerprint density at radius 3 is 2.24 bits per heavy atom. The first-order chi connectivity index (χ1) is 29.2. The van der Waals surface area contributed by atoms with E-state index in [4.69, 9.17) is 4.74 Å². The maximum absolute atomic E-state index is 12.6. The second-order valence-corrected chi connectivity index (χ2v) is 23.1. The van der Waals surface area contributed by atoms with Gasteiger partial charge in [-0.3, -0.25) is 14.4 Å². The Morgan fingerprint density at radius 1 is 0.921 bits per heavy atom. The number of amides is 1. The van der Waals surface area contributed by atoms with Crippen LogP contribution in [0.2, 0.25) is 0 Å². The maximum atomic E-state index is 12.6. The summed E-state index contributed by atoms with van der Waals surface area (Å²) in [5.41, 5.74) is 2.40. The predicted molar refractivity (Wildman–Crippen MR) is 246 cm³/mol. The SMILES string of the molecule is CC(CCC(=O)C(C)(C)C)[C@H]1CC[C@H]2[C@@H]3[C@H](O)C[C@@H]4C[C@H](C)CC[C@]4(C)[C@H]3C[C@H](O)[C@]12C.Cc1cc2c(cc1C)N(CC(O)C(O)C(O)COC(C)(C)C)C1=NC(=O)CC(=O)C1=N2. The molecule has 0 spiro atoms. The van der Waals surface area contributed by atoms with Crippen LogP contribution in [-0.2, 0) is 19.1 Å². The van der Waals surface area contributed by atoms with Gasteiger partial charge < -0.3 is 35.2 Å². The van der Waals surface area contributed by atoms with Crippen molar-refractivity contribution >= 4 is 40.4 Å². The number of hydrogen-bond acceptors (Lipinski definition) is 11. The van der Waals surface area contributed by atoms with E-state index < -0.39 is 35.6 Å². The van der Waals surface area contributed by atoms with Gasteiger partial charge in [-0.05, 0) is 155 Å². The third-order valence-corrected chi connectivity index (χ3v) is 16.7. The van der Waals surface area contributed by atoms with Gasteiger partial charge in [-0.1, -0.05) is 54.9 Å². The molecule has 5 N–H and O–H groups in total. The summed E-state index contributed by atoms with van der Waals surface area (Å²) >= 11 is 0. The van der Waals surface area contributed by atoms with Crippen LogP contribution < -0.4 is 4.90 Å². The highest BCUT2D eigenvalue weighted by Crippen LogP contribution is 2.68. The van der Waals surface area contributed by atoms with Gasteiger partial charge in [0.2, 0.25) is 0 Å². The minimum Gasteiger partial charge on any atom is -0.393 e. The molecule has 0 radical (unpaired) electrons. The van der Waals surface area contributed by atoms with Crippen LogP contribution in [-0.4, -0.2) is 104 Å². The largest absolute Gasteiger partial charge is 0.393 e. The average molecular weight is 878 g/mol. The molecule has 0 saturated heterocycles. The van der Waals surface area contributed by atoms with Crippen LogP contribution in [0.4, 0.5) is 11.4 Å². The summed E-state index contributed by atoms with van der Waals surface area (Å²) in [6, 6.07) is 3.65. The van der Waals surface area contributed by atoms with Crippen molar-refractivity contribution in [2.24, 2.45) is 67.7 Å². The molecule has 2 heterocycles. The number of carbonyl (C=O) groups is 3. The van der Waals surface area contributed by atoms with Crippen LogP contribution in [0.25, 0.3) is 0 Å². The molecule has 1 aromatic carbocycles. The number of rotatable bonds is 10. The highest BCUT2D eigenvalue weighted by atomic mass is 16.5. The summed E-state index contributed by atoms with van der Waals surface area (Å²) in [6.07, 6.45) is 4.34. The summed E-state index contributed by atoms with van der Waals surface area (Å²) in [4.78, 5) is 46.8. The lowest BCUT2D eigenvalue weighted by Gasteiger charge is -2.63. The molecule has 14 atom stereocenters. The van der Waals surface area contributed by atoms with Gasteiger partial charge in [0.1, 0.15) is 24.1 Å². The summed E-state index contributed by atoms with van der Waals surface area (Å²) in [6.45, 7) is 24.5. The Balaban J connectivity index is 0.000000210. The number of anilines is 1. The molecule has 2 aliphatic heterocycles. The lowest BCUT2D eigenvalue weighted by atomic mass is 9.42. The van der Waals surface area contributed by atoms with Gasteiger partial charge in [0.25, 0.3) is 5.91 Å². The molecule has 4 unspecified atom stereocenters. The van der Waals surface area contributed by atoms with E-state index in [0.717, 1.165) is 49.1 Å². The fourth-order valence-corrected chi connectivity index (χ4v) is 12.7. The van der Waals surface area contributed by atoms with Crippen molar-refractivity contribution in [1.29, 1.82) is 0 Å². The number of aliphatic imine (C=N–C) groups is 2. The minimum atomic E-state index is -1.52. The van der Waals surface area contributed by atoms with Gasteiger partial charge in [-0.25, -0.2) is 4.99 Å². The fourth-order valence-electron chi connectivity index (χ4n) is 12.7. The summed E-state index contributed by atoms with van der Waals surface area (Å²) in [5, 5.41) is 54.5. The summed E-state index contributed by atoms with van der Waals surface area (Å²) in [7, 11) is 0. The first kappa shape index (κ1) is 49.6. The number of aliphatic hydroxyl groups is 5. The number of Topliss-reactive ketones (excluding diaryl/α,β-unsaturated/α-hetero) is 2. The molecule has 352 valence electrons. The second-order valence-electron chi connectivity index (χ2n) is 23.1. The van der Waals surface area contributed by atoms with Crippen molar-refractivity contribution in [3.05, 3.63) is 23.3 Å². The van der Waals surface area contributed by atoms with Gasteiger partial charge in [0.05, 0.1) is 48.8 Å². The lowest BCUT2D eigenvalue weighted by Crippen LogP contribution is -2.62. The van der Waals surface area contributed by atoms with Crippen molar-refractivity contribution in [1.82, 2.24) is 0 Å². The van der Waals surface area contributed by atoms with E-state index in [9.17, 15) is 39.9 Å². The Labute approximate surface area is 376 Å². The van der Waals surface area contributed by atoms with Crippen molar-refractivity contribution in [3.63, 3.8) is 0 Å². The van der Waals surface area contributed by atoms with Gasteiger partial charge in [-0.15, -0.1) is 0 Å². The van der Waals surface area contributed by atoms with Crippen molar-refractivity contribution < 1.29 is 44.7 Å². The lowest BCUT2D eigenvalue weighted by molar-refractivity contribution is -0.203. The number of ketones is 2. The quantitative estimate of drug-likeness (QED) is 0.150. The molecule has 4 fully saturated rings. The number of nitrogens with zero attached hydrogens (tertiary/aromatic N) is 3. The van der Waals surface area contributed by atoms with Crippen molar-refractivity contribution in [3.8, 4) is 0 Å². The van der Waals surface area contributed by atoms with E-state index in [-0.39, 0.29) is 59.6 Å². The number of hydrogen-bond donors (Lipinski definition) is 5. The number of carbonyl (C=O) groups excluding carboxylic acids is 3. The first-order valence-electron chi connectivity index (χ1n) is 23.9. The Hall–Kier alpha value is -2.87. The number of β-amino-alcohol motifs (C(OH)–C–C–N with tert-alkyl or cyclic N) is 1. The van der Waals surface area contributed by atoms with Crippen LogP contribution in [0.5, 0.6) is 0 Å². The highest BCUT2D eigenvalue weighted by Gasteiger charge is 2.65. The number of fused-ring (bicyclic) bond motifs is 7. The summed E-state index contributed by atoms with van der Waals surface area (Å²) < 4.78 is 5.48. The zero-order valence-electron chi connectivity index (χ0n) is 40.3. The number of aliphatic hydroxyl groups excluding tert-OH is 5. The molecule has 12 heteroatoms. The Bertz CT molecular complexity index is 1950. The Kier molecular flexibility index (Phi) is 14.5. The molecular weight excluding hydrogens is 799 g/mol. The molecule has 12 nitrogen and oxygen atoms in total. The molecule has 0 aromatic heterocycles. The van der Waals surface area contributed by atoms with E-state index in [1.165, 1.54) is 24.2 Å². The molecule has 63 heavy (non-hydrogen) atoms. The van der Waals surface area contributed by atoms with Crippen LogP contribution in [0.15, 0.2) is 22.1 Å². The topological polar surface area (TPSA) is 190 Å². The van der Waals surface area contributed by atoms with Crippen molar-refractivity contribution in [2.45, 2.75) is 183 Å². The molecule has 1 aromatic rings. The smallest absolute Gasteiger partial charge is 0.255 e. The number of ether oxygens (including phenoxy) is 1. The second kappa shape index (κ2) is 18.4. The van der Waals surface area contributed by atoms with E-state index in [0.29, 0.717) is 59.1 Å². The van der Waals surface area contributed by atoms with E-state index in [1.807, 2.05) is 67.5 Å². The van der Waals surface area contributed by atoms with Crippen LogP contribution in [0, 0.1) is 71.5 Å². The van der Waals surface area contributed by atoms with E-state index in [1.54, 1.807) is 0 Å². The third kappa shape index (κ3) is 9.97. The van der Waals surface area contributed by atoms with E-state index in [2.05, 4.69) is 37.7 Å². The molecule has 0 bridgehead atoms. The zero-order chi connectivity index (χ0) is 46.7. The average Bonchev–Trinajstić information content (AvgIpc) is 3.55. The third-order valence-electron chi connectivity index (χ3n) is 16.7. The monoisotopic (exact) mass is 878 g/mol. The normalized spacial score (nSPS) is 34.7. The minimum absolute atomic E-state index is 0.0451. The molecular formula is C51H79N3O9. The van der Waals surface area contributed by atoms with Gasteiger partial charge in [-0.2, -0.15) is 4.99 Å². The number of aryl methyl sites for hydroxylation is 2.